The molecule has 5 aromatic rings. The van der Waals surface area contributed by atoms with Gasteiger partial charge in [0.15, 0.2) is 11.5 Å². The molecule has 7 heteroatoms. The molecule has 1 aromatic carbocycles. The van der Waals surface area contributed by atoms with Crippen molar-refractivity contribution < 1.29 is 0 Å². The van der Waals surface area contributed by atoms with Gasteiger partial charge in [-0.3, -0.25) is 10.2 Å². The number of H-pyrrole nitrogens is 3. The third kappa shape index (κ3) is 1.83. The molecule has 0 unspecified atom stereocenters. The quantitative estimate of drug-likeness (QED) is 0.467. The molecule has 0 radical (unpaired) electrons. The minimum Gasteiger partial charge on any atom is -0.321 e. The van der Waals surface area contributed by atoms with Crippen molar-refractivity contribution in [2.24, 2.45) is 0 Å². The molecular weight excluding hydrogens is 290 g/mol. The van der Waals surface area contributed by atoms with Gasteiger partial charge in [0.2, 0.25) is 0 Å². The van der Waals surface area contributed by atoms with Crippen LogP contribution in [0.3, 0.4) is 0 Å². The molecule has 4 aromatic heterocycles. The Morgan fingerprint density at radius 3 is 2.91 bits per heavy atom. The Labute approximate surface area is 129 Å². The number of nitrogens with one attached hydrogen (secondary N) is 3. The second-order valence-corrected chi connectivity index (χ2v) is 5.28. The van der Waals surface area contributed by atoms with Gasteiger partial charge in [-0.2, -0.15) is 10.2 Å². The fourth-order valence-corrected chi connectivity index (χ4v) is 2.74. The molecule has 0 saturated carbocycles. The van der Waals surface area contributed by atoms with E-state index in [1.54, 1.807) is 12.4 Å². The molecule has 0 amide bonds. The van der Waals surface area contributed by atoms with Gasteiger partial charge >= 0.3 is 0 Å². The zero-order valence-electron chi connectivity index (χ0n) is 11.9. The summed E-state index contributed by atoms with van der Waals surface area (Å²) >= 11 is 0. The van der Waals surface area contributed by atoms with Crippen molar-refractivity contribution in [1.29, 1.82) is 0 Å². The Balaban J connectivity index is 1.73. The van der Waals surface area contributed by atoms with E-state index in [-0.39, 0.29) is 0 Å². The standard InChI is InChI=1S/C16H11N7/c1-2-13-15(17-5-1)21-16(20-13)14-11-6-9(10-7-18-19-8-10)3-4-12(11)22-23-14/h1-8H,(H,18,19)(H,22,23)(H,17,20,21). The molecule has 0 bridgehead atoms. The first-order chi connectivity index (χ1) is 11.4. The smallest absolute Gasteiger partial charge is 0.160 e. The van der Waals surface area contributed by atoms with Gasteiger partial charge in [-0.05, 0) is 29.8 Å². The summed E-state index contributed by atoms with van der Waals surface area (Å²) in [4.78, 5) is 12.1. The number of hydrogen-bond donors (Lipinski definition) is 3. The average molecular weight is 301 g/mol. The summed E-state index contributed by atoms with van der Waals surface area (Å²) < 4.78 is 0. The number of imidazole rings is 1. The molecule has 5 rings (SSSR count). The SMILES string of the molecule is c1cnc2[nH]c(-c3n[nH]c4ccc(-c5cn[nH]c5)cc34)nc2c1. The summed E-state index contributed by atoms with van der Waals surface area (Å²) in [5, 5.41) is 15.3. The van der Waals surface area contributed by atoms with Gasteiger partial charge in [0.1, 0.15) is 11.2 Å². The average Bonchev–Trinajstić information content (AvgIpc) is 3.32. The van der Waals surface area contributed by atoms with E-state index in [0.29, 0.717) is 5.82 Å². The number of pyridine rings is 1. The van der Waals surface area contributed by atoms with E-state index < -0.39 is 0 Å². The van der Waals surface area contributed by atoms with Crippen molar-refractivity contribution in [2.45, 2.75) is 0 Å². The molecular formula is C16H11N7. The minimum atomic E-state index is 0.703. The molecule has 23 heavy (non-hydrogen) atoms. The molecule has 0 spiro atoms. The molecule has 0 aliphatic carbocycles. The summed E-state index contributed by atoms with van der Waals surface area (Å²) in [5.74, 6) is 0.703. The van der Waals surface area contributed by atoms with Crippen LogP contribution in [0.2, 0.25) is 0 Å². The van der Waals surface area contributed by atoms with Gasteiger partial charge in [-0.1, -0.05) is 6.07 Å². The first-order valence-corrected chi connectivity index (χ1v) is 7.17. The molecule has 4 heterocycles. The number of benzene rings is 1. The summed E-state index contributed by atoms with van der Waals surface area (Å²) in [6.07, 6.45) is 5.40. The summed E-state index contributed by atoms with van der Waals surface area (Å²) in [7, 11) is 0. The van der Waals surface area contributed by atoms with Gasteiger partial charge in [-0.15, -0.1) is 0 Å². The molecule has 7 nitrogen and oxygen atoms in total. The zero-order valence-corrected chi connectivity index (χ0v) is 11.9. The van der Waals surface area contributed by atoms with Crippen molar-refractivity contribution in [3.63, 3.8) is 0 Å². The zero-order chi connectivity index (χ0) is 15.2. The summed E-state index contributed by atoms with van der Waals surface area (Å²) in [5.41, 5.74) is 5.42. The van der Waals surface area contributed by atoms with Gasteiger partial charge in [0.05, 0.1) is 11.7 Å². The lowest BCUT2D eigenvalue weighted by molar-refractivity contribution is 1.09. The van der Waals surface area contributed by atoms with E-state index in [9.17, 15) is 0 Å². The Morgan fingerprint density at radius 2 is 2.04 bits per heavy atom. The third-order valence-electron chi connectivity index (χ3n) is 3.87. The maximum atomic E-state index is 4.58. The molecule has 0 aliphatic rings. The Hall–Kier alpha value is -3.48. The molecule has 0 fully saturated rings. The predicted octanol–water partition coefficient (Wildman–Crippen LogP) is 2.89. The van der Waals surface area contributed by atoms with Crippen molar-refractivity contribution in [3.05, 3.63) is 48.9 Å². The predicted molar refractivity (Wildman–Crippen MR) is 86.6 cm³/mol. The van der Waals surface area contributed by atoms with Crippen LogP contribution in [0.15, 0.2) is 48.9 Å². The molecule has 0 aliphatic heterocycles. The first kappa shape index (κ1) is 12.1. The monoisotopic (exact) mass is 301 g/mol. The lowest BCUT2D eigenvalue weighted by Gasteiger charge is -1.98. The topological polar surface area (TPSA) is 98.9 Å². The highest BCUT2D eigenvalue weighted by atomic mass is 15.1. The second kappa shape index (κ2) is 4.51. The van der Waals surface area contributed by atoms with Crippen molar-refractivity contribution in [1.82, 2.24) is 35.3 Å². The third-order valence-corrected chi connectivity index (χ3v) is 3.87. The Kier molecular flexibility index (Phi) is 2.37. The van der Waals surface area contributed by atoms with Crippen LogP contribution in [0.25, 0.3) is 44.7 Å². The number of fused-ring (bicyclic) bond motifs is 2. The lowest BCUT2D eigenvalue weighted by Crippen LogP contribution is -1.82. The van der Waals surface area contributed by atoms with E-state index >= 15 is 0 Å². The van der Waals surface area contributed by atoms with E-state index in [1.807, 2.05) is 30.5 Å². The minimum absolute atomic E-state index is 0.703. The fraction of sp³-hybridized carbons (Fsp3) is 0. The normalized spacial score (nSPS) is 11.5. The van der Waals surface area contributed by atoms with Crippen LogP contribution in [0.4, 0.5) is 0 Å². The lowest BCUT2D eigenvalue weighted by atomic mass is 10.1. The van der Waals surface area contributed by atoms with Crippen molar-refractivity contribution >= 4 is 22.1 Å². The van der Waals surface area contributed by atoms with Crippen LogP contribution in [-0.2, 0) is 0 Å². The van der Waals surface area contributed by atoms with E-state index in [1.165, 1.54) is 0 Å². The number of aromatic amines is 3. The largest absolute Gasteiger partial charge is 0.321 e. The van der Waals surface area contributed by atoms with Gasteiger partial charge < -0.3 is 4.98 Å². The Bertz CT molecular complexity index is 1080. The molecule has 0 saturated heterocycles. The maximum Gasteiger partial charge on any atom is 0.160 e. The van der Waals surface area contributed by atoms with Crippen LogP contribution in [0, 0.1) is 0 Å². The van der Waals surface area contributed by atoms with Gasteiger partial charge in [-0.25, -0.2) is 9.97 Å². The maximum absolute atomic E-state index is 4.58. The van der Waals surface area contributed by atoms with Crippen LogP contribution >= 0.6 is 0 Å². The summed E-state index contributed by atoms with van der Waals surface area (Å²) in [6, 6.07) is 9.92. The highest BCUT2D eigenvalue weighted by Gasteiger charge is 2.13. The first-order valence-electron chi connectivity index (χ1n) is 7.17. The molecule has 3 N–H and O–H groups in total. The fourth-order valence-electron chi connectivity index (χ4n) is 2.74. The van der Waals surface area contributed by atoms with E-state index in [4.69, 9.17) is 0 Å². The van der Waals surface area contributed by atoms with Crippen LogP contribution in [0.1, 0.15) is 0 Å². The highest BCUT2D eigenvalue weighted by Crippen LogP contribution is 2.29. The number of rotatable bonds is 2. The number of nitrogens with zero attached hydrogens (tertiary/aromatic N) is 4. The molecule has 0 atom stereocenters. The van der Waals surface area contributed by atoms with Gasteiger partial charge in [0, 0.05) is 23.3 Å². The number of aromatic nitrogens is 7. The highest BCUT2D eigenvalue weighted by molar-refractivity contribution is 5.95. The number of hydrogen-bond acceptors (Lipinski definition) is 4. The van der Waals surface area contributed by atoms with Gasteiger partial charge in [0.25, 0.3) is 0 Å². The van der Waals surface area contributed by atoms with Crippen LogP contribution < -0.4 is 0 Å². The summed E-state index contributed by atoms with van der Waals surface area (Å²) in [6.45, 7) is 0. The van der Waals surface area contributed by atoms with Crippen molar-refractivity contribution in [2.75, 3.05) is 0 Å². The van der Waals surface area contributed by atoms with Crippen LogP contribution in [-0.4, -0.2) is 35.3 Å². The van der Waals surface area contributed by atoms with Crippen molar-refractivity contribution in [3.8, 4) is 22.6 Å². The molecule has 110 valence electrons. The van der Waals surface area contributed by atoms with E-state index in [0.717, 1.165) is 38.9 Å². The van der Waals surface area contributed by atoms with E-state index in [2.05, 4.69) is 41.4 Å². The Morgan fingerprint density at radius 1 is 1.04 bits per heavy atom. The second-order valence-electron chi connectivity index (χ2n) is 5.28. The van der Waals surface area contributed by atoms with Crippen LogP contribution in [0.5, 0.6) is 0 Å².